The second-order valence-corrected chi connectivity index (χ2v) is 4.79. The van der Waals surface area contributed by atoms with Gasteiger partial charge < -0.3 is 20.1 Å². The maximum absolute atomic E-state index is 12.3. The number of hydrogen-bond donors (Lipinski definition) is 2. The molecule has 1 aromatic rings. The Morgan fingerprint density at radius 1 is 1.42 bits per heavy atom. The minimum absolute atomic E-state index is 0.0193. The van der Waals surface area contributed by atoms with Gasteiger partial charge in [-0.3, -0.25) is 4.79 Å². The van der Waals surface area contributed by atoms with Crippen molar-refractivity contribution in [1.82, 2.24) is 10.6 Å². The van der Waals surface area contributed by atoms with Gasteiger partial charge in [-0.05, 0) is 18.2 Å². The van der Waals surface area contributed by atoms with Crippen molar-refractivity contribution < 1.29 is 14.3 Å². The third-order valence-corrected chi connectivity index (χ3v) is 3.42. The molecule has 0 aromatic heterocycles. The average Bonchev–Trinajstić information content (AvgIpc) is 2.85. The molecule has 2 N–H and O–H groups in total. The van der Waals surface area contributed by atoms with E-state index in [-0.39, 0.29) is 18.1 Å². The lowest BCUT2D eigenvalue weighted by Crippen LogP contribution is -2.43. The van der Waals surface area contributed by atoms with E-state index in [1.165, 1.54) is 7.11 Å². The van der Waals surface area contributed by atoms with Gasteiger partial charge >= 0.3 is 0 Å². The molecule has 1 fully saturated rings. The number of rotatable bonds is 4. The highest BCUT2D eigenvalue weighted by atomic mass is 35.5. The van der Waals surface area contributed by atoms with Crippen molar-refractivity contribution in [2.75, 3.05) is 27.3 Å². The van der Waals surface area contributed by atoms with E-state index in [4.69, 9.17) is 21.1 Å². The summed E-state index contributed by atoms with van der Waals surface area (Å²) < 4.78 is 10.5. The first-order valence-corrected chi connectivity index (χ1v) is 6.41. The summed E-state index contributed by atoms with van der Waals surface area (Å²) in [5.41, 5.74) is 0.428. The fraction of sp³-hybridized carbons (Fsp3) is 0.462. The molecule has 1 aliphatic rings. The van der Waals surface area contributed by atoms with Crippen LogP contribution < -0.4 is 15.4 Å². The number of hydrogen-bond acceptors (Lipinski definition) is 4. The molecule has 19 heavy (non-hydrogen) atoms. The normalized spacial score (nSPS) is 22.3. The maximum Gasteiger partial charge on any atom is 0.255 e. The van der Waals surface area contributed by atoms with Gasteiger partial charge in [0.15, 0.2) is 0 Å². The number of methoxy groups -OCH3 is 2. The number of benzene rings is 1. The second kappa shape index (κ2) is 6.23. The van der Waals surface area contributed by atoms with E-state index >= 15 is 0 Å². The van der Waals surface area contributed by atoms with E-state index in [9.17, 15) is 4.79 Å². The van der Waals surface area contributed by atoms with Gasteiger partial charge in [-0.2, -0.15) is 0 Å². The molecule has 1 saturated heterocycles. The summed E-state index contributed by atoms with van der Waals surface area (Å²) in [4.78, 5) is 12.3. The molecule has 0 aliphatic carbocycles. The molecule has 1 heterocycles. The van der Waals surface area contributed by atoms with E-state index in [0.29, 0.717) is 22.9 Å². The Labute approximate surface area is 117 Å². The smallest absolute Gasteiger partial charge is 0.255 e. The van der Waals surface area contributed by atoms with Crippen LogP contribution in [0.3, 0.4) is 0 Å². The molecular formula is C13H17ClN2O3. The maximum atomic E-state index is 12.3. The number of halogens is 1. The summed E-state index contributed by atoms with van der Waals surface area (Å²) in [5.74, 6) is 0.289. The molecule has 2 rings (SSSR count). The Hall–Kier alpha value is -1.30. The van der Waals surface area contributed by atoms with Crippen molar-refractivity contribution in [2.24, 2.45) is 0 Å². The minimum atomic E-state index is -0.213. The fourth-order valence-corrected chi connectivity index (χ4v) is 2.32. The summed E-state index contributed by atoms with van der Waals surface area (Å²) in [5, 5.41) is 6.61. The average molecular weight is 285 g/mol. The predicted octanol–water partition coefficient (Wildman–Crippen LogP) is 1.07. The highest BCUT2D eigenvalue weighted by molar-refractivity contribution is 6.31. The first-order chi connectivity index (χ1) is 9.15. The first kappa shape index (κ1) is 14.1. The fourth-order valence-electron chi connectivity index (χ4n) is 2.15. The Bertz CT molecular complexity index is 467. The van der Waals surface area contributed by atoms with Gasteiger partial charge in [0.25, 0.3) is 5.91 Å². The Morgan fingerprint density at radius 2 is 2.21 bits per heavy atom. The lowest BCUT2D eigenvalue weighted by molar-refractivity contribution is 0.0778. The van der Waals surface area contributed by atoms with Gasteiger partial charge in [0.05, 0.1) is 24.8 Å². The van der Waals surface area contributed by atoms with Crippen LogP contribution in [0, 0.1) is 0 Å². The summed E-state index contributed by atoms with van der Waals surface area (Å²) in [6.07, 6.45) is -0.0193. The molecule has 6 heteroatoms. The molecule has 1 amide bonds. The van der Waals surface area contributed by atoms with Crippen LogP contribution in [-0.4, -0.2) is 45.4 Å². The molecular weight excluding hydrogens is 268 g/mol. The van der Waals surface area contributed by atoms with E-state index < -0.39 is 0 Å². The lowest BCUT2D eigenvalue weighted by atomic mass is 10.1. The third kappa shape index (κ3) is 3.18. The summed E-state index contributed by atoms with van der Waals surface area (Å²) in [7, 11) is 3.16. The van der Waals surface area contributed by atoms with Gasteiger partial charge in [-0.15, -0.1) is 0 Å². The highest BCUT2D eigenvalue weighted by Gasteiger charge is 2.29. The van der Waals surface area contributed by atoms with Gasteiger partial charge in [0.1, 0.15) is 5.75 Å². The Kier molecular flexibility index (Phi) is 4.63. The van der Waals surface area contributed by atoms with Crippen molar-refractivity contribution in [3.8, 4) is 5.75 Å². The van der Waals surface area contributed by atoms with Crippen LogP contribution in [0.15, 0.2) is 18.2 Å². The molecule has 0 spiro atoms. The summed E-state index contributed by atoms with van der Waals surface area (Å²) in [6.45, 7) is 1.42. The molecule has 0 bridgehead atoms. The molecule has 1 unspecified atom stereocenters. The number of carbonyl (C=O) groups excluding carboxylic acids is 1. The predicted molar refractivity (Wildman–Crippen MR) is 72.9 cm³/mol. The monoisotopic (exact) mass is 284 g/mol. The van der Waals surface area contributed by atoms with Crippen molar-refractivity contribution >= 4 is 17.5 Å². The molecule has 0 radical (unpaired) electrons. The molecule has 0 saturated carbocycles. The van der Waals surface area contributed by atoms with Crippen molar-refractivity contribution in [1.29, 1.82) is 0 Å². The largest absolute Gasteiger partial charge is 0.496 e. The van der Waals surface area contributed by atoms with Crippen molar-refractivity contribution in [2.45, 2.75) is 12.1 Å². The Balaban J connectivity index is 2.13. The van der Waals surface area contributed by atoms with Gasteiger partial charge in [0, 0.05) is 25.2 Å². The van der Waals surface area contributed by atoms with Gasteiger partial charge in [0.2, 0.25) is 0 Å². The van der Waals surface area contributed by atoms with Crippen LogP contribution in [-0.2, 0) is 4.74 Å². The first-order valence-electron chi connectivity index (χ1n) is 6.03. The van der Waals surface area contributed by atoms with Crippen LogP contribution in [0.5, 0.6) is 5.75 Å². The molecule has 1 aromatic carbocycles. The van der Waals surface area contributed by atoms with E-state index in [0.717, 1.165) is 6.54 Å². The zero-order valence-corrected chi connectivity index (χ0v) is 11.7. The van der Waals surface area contributed by atoms with Crippen LogP contribution in [0.4, 0.5) is 0 Å². The van der Waals surface area contributed by atoms with Crippen LogP contribution in [0.2, 0.25) is 5.02 Å². The van der Waals surface area contributed by atoms with Crippen LogP contribution >= 0.6 is 11.6 Å². The minimum Gasteiger partial charge on any atom is -0.496 e. The van der Waals surface area contributed by atoms with Gasteiger partial charge in [-0.25, -0.2) is 0 Å². The van der Waals surface area contributed by atoms with Crippen LogP contribution in [0.25, 0.3) is 0 Å². The second-order valence-electron chi connectivity index (χ2n) is 4.36. The quantitative estimate of drug-likeness (QED) is 0.868. The van der Waals surface area contributed by atoms with Crippen LogP contribution in [0.1, 0.15) is 10.4 Å². The summed E-state index contributed by atoms with van der Waals surface area (Å²) in [6, 6.07) is 4.91. The van der Waals surface area contributed by atoms with Crippen molar-refractivity contribution in [3.05, 3.63) is 28.8 Å². The topological polar surface area (TPSA) is 59.6 Å². The molecule has 2 atom stereocenters. The zero-order valence-electron chi connectivity index (χ0n) is 10.9. The standard InChI is InChI=1S/C13H17ClN2O3/c1-18-11-4-3-8(14)5-9(11)13(17)16-10-6-15-7-12(10)19-2/h3-5,10,12,15H,6-7H2,1-2H3,(H,16,17)/t10?,12-/m0/s1. The lowest BCUT2D eigenvalue weighted by Gasteiger charge is -2.19. The number of nitrogens with one attached hydrogen (secondary N) is 2. The summed E-state index contributed by atoms with van der Waals surface area (Å²) >= 11 is 5.92. The SMILES string of the molecule is COc1ccc(Cl)cc1C(=O)NC1CNC[C@@H]1OC. The van der Waals surface area contributed by atoms with Gasteiger partial charge in [-0.1, -0.05) is 11.6 Å². The number of carbonyl (C=O) groups is 1. The Morgan fingerprint density at radius 3 is 2.89 bits per heavy atom. The van der Waals surface area contributed by atoms with E-state index in [1.807, 2.05) is 0 Å². The molecule has 5 nitrogen and oxygen atoms in total. The molecule has 104 valence electrons. The third-order valence-electron chi connectivity index (χ3n) is 3.18. The number of amides is 1. The van der Waals surface area contributed by atoms with E-state index in [2.05, 4.69) is 10.6 Å². The number of ether oxygens (including phenoxy) is 2. The zero-order chi connectivity index (χ0) is 13.8. The molecule has 1 aliphatic heterocycles. The highest BCUT2D eigenvalue weighted by Crippen LogP contribution is 2.22. The van der Waals surface area contributed by atoms with E-state index in [1.54, 1.807) is 25.3 Å². The van der Waals surface area contributed by atoms with Crippen molar-refractivity contribution in [3.63, 3.8) is 0 Å².